The molecule has 146 valence electrons. The van der Waals surface area contributed by atoms with Crippen LogP contribution in [-0.2, 0) is 16.4 Å². The number of likely N-dealkylation sites (N-methyl/N-ethyl adjacent to an activating group) is 1. The van der Waals surface area contributed by atoms with E-state index in [0.717, 1.165) is 30.3 Å². The van der Waals surface area contributed by atoms with Crippen LogP contribution in [0.3, 0.4) is 0 Å². The molecule has 1 aromatic carbocycles. The molecule has 0 amide bonds. The van der Waals surface area contributed by atoms with E-state index in [1.165, 1.54) is 12.3 Å². The molecule has 0 bridgehead atoms. The van der Waals surface area contributed by atoms with Crippen molar-refractivity contribution in [1.29, 1.82) is 0 Å². The maximum absolute atomic E-state index is 13.3. The highest BCUT2D eigenvalue weighted by molar-refractivity contribution is 7.92. The molecule has 0 spiro atoms. The fourth-order valence-corrected chi connectivity index (χ4v) is 3.47. The number of rotatable bonds is 7. The number of halogens is 2. The molecule has 0 saturated heterocycles. The molecule has 6 nitrogen and oxygen atoms in total. The average molecular weight is 404 g/mol. The Morgan fingerprint density at radius 2 is 1.86 bits per heavy atom. The van der Waals surface area contributed by atoms with Crippen molar-refractivity contribution in [2.45, 2.75) is 11.3 Å². The first-order valence-corrected chi connectivity index (χ1v) is 9.88. The smallest absolute Gasteiger partial charge is 0.263 e. The number of benzene rings is 1. The number of sulfonamides is 1. The van der Waals surface area contributed by atoms with Gasteiger partial charge in [0.2, 0.25) is 0 Å². The largest absolute Gasteiger partial charge is 0.359 e. The first-order valence-electron chi connectivity index (χ1n) is 8.40. The minimum atomic E-state index is -3.97. The number of nitrogens with zero attached hydrogens (tertiary/aromatic N) is 3. The number of pyridine rings is 2. The molecule has 0 radical (unpaired) electrons. The van der Waals surface area contributed by atoms with E-state index >= 15 is 0 Å². The normalized spacial score (nSPS) is 11.2. The van der Waals surface area contributed by atoms with E-state index in [1.807, 2.05) is 30.1 Å². The van der Waals surface area contributed by atoms with E-state index in [-0.39, 0.29) is 10.6 Å². The van der Waals surface area contributed by atoms with E-state index in [9.17, 15) is 17.2 Å². The summed E-state index contributed by atoms with van der Waals surface area (Å²) in [5, 5.41) is 0. The summed E-state index contributed by atoms with van der Waals surface area (Å²) in [6.45, 7) is 0.656. The van der Waals surface area contributed by atoms with Crippen LogP contribution < -0.4 is 9.62 Å². The summed E-state index contributed by atoms with van der Waals surface area (Å²) in [6, 6.07) is 11.5. The molecular weight excluding hydrogens is 386 g/mol. The standard InChI is InChI=1S/C19H18F2N4O2S/c1-25(11-9-14-4-2-3-10-22-14)19-8-6-16(13-23-19)28(26,27)24-15-5-7-17(20)18(21)12-15/h2-8,10,12-13,24H,9,11H2,1H3. The number of hydrogen-bond donors (Lipinski definition) is 1. The summed E-state index contributed by atoms with van der Waals surface area (Å²) in [5.41, 5.74) is 0.875. The highest BCUT2D eigenvalue weighted by atomic mass is 32.2. The van der Waals surface area contributed by atoms with Crippen LogP contribution in [0.25, 0.3) is 0 Å². The summed E-state index contributed by atoms with van der Waals surface area (Å²) in [4.78, 5) is 10.2. The molecule has 3 aromatic rings. The summed E-state index contributed by atoms with van der Waals surface area (Å²) < 4.78 is 53.2. The van der Waals surface area contributed by atoms with Gasteiger partial charge in [-0.25, -0.2) is 22.2 Å². The van der Waals surface area contributed by atoms with Gasteiger partial charge in [0.1, 0.15) is 10.7 Å². The van der Waals surface area contributed by atoms with Crippen LogP contribution >= 0.6 is 0 Å². The van der Waals surface area contributed by atoms with Gasteiger partial charge in [-0.1, -0.05) is 6.07 Å². The van der Waals surface area contributed by atoms with Crippen LogP contribution in [0, 0.1) is 11.6 Å². The molecule has 0 aliphatic heterocycles. The predicted molar refractivity (Wildman–Crippen MR) is 103 cm³/mol. The zero-order valence-corrected chi connectivity index (χ0v) is 15.8. The van der Waals surface area contributed by atoms with Crippen LogP contribution in [0.1, 0.15) is 5.69 Å². The Hall–Kier alpha value is -3.07. The summed E-state index contributed by atoms with van der Waals surface area (Å²) in [7, 11) is -2.12. The van der Waals surface area contributed by atoms with Gasteiger partial charge in [0, 0.05) is 44.2 Å². The molecule has 0 saturated carbocycles. The molecule has 0 aliphatic rings. The van der Waals surface area contributed by atoms with Crippen molar-refractivity contribution in [3.05, 3.63) is 78.3 Å². The zero-order valence-electron chi connectivity index (χ0n) is 15.0. The lowest BCUT2D eigenvalue weighted by atomic mass is 10.2. The van der Waals surface area contributed by atoms with E-state index in [1.54, 1.807) is 12.3 Å². The molecule has 3 rings (SSSR count). The van der Waals surface area contributed by atoms with Crippen molar-refractivity contribution in [2.24, 2.45) is 0 Å². The lowest BCUT2D eigenvalue weighted by Gasteiger charge is -2.18. The minimum Gasteiger partial charge on any atom is -0.359 e. The van der Waals surface area contributed by atoms with Gasteiger partial charge in [-0.15, -0.1) is 0 Å². The minimum absolute atomic E-state index is 0.0737. The fourth-order valence-electron chi connectivity index (χ4n) is 2.47. The van der Waals surface area contributed by atoms with Crippen molar-refractivity contribution in [1.82, 2.24) is 9.97 Å². The molecule has 0 aliphatic carbocycles. The highest BCUT2D eigenvalue weighted by Crippen LogP contribution is 2.19. The van der Waals surface area contributed by atoms with Gasteiger partial charge in [0.05, 0.1) is 5.69 Å². The van der Waals surface area contributed by atoms with Crippen molar-refractivity contribution < 1.29 is 17.2 Å². The SMILES string of the molecule is CN(CCc1ccccn1)c1ccc(S(=O)(=O)Nc2ccc(F)c(F)c2)cn1. The molecule has 1 N–H and O–H groups in total. The van der Waals surface area contributed by atoms with Gasteiger partial charge >= 0.3 is 0 Å². The second-order valence-electron chi connectivity index (χ2n) is 6.08. The van der Waals surface area contributed by atoms with Gasteiger partial charge < -0.3 is 4.90 Å². The number of hydrogen-bond acceptors (Lipinski definition) is 5. The van der Waals surface area contributed by atoms with Crippen molar-refractivity contribution in [2.75, 3.05) is 23.2 Å². The first kappa shape index (κ1) is 19.7. The Bertz CT molecular complexity index is 1050. The van der Waals surface area contributed by atoms with Crippen molar-refractivity contribution >= 4 is 21.5 Å². The lowest BCUT2D eigenvalue weighted by Crippen LogP contribution is -2.22. The maximum Gasteiger partial charge on any atom is 0.263 e. The quantitative estimate of drug-likeness (QED) is 0.654. The molecule has 2 aromatic heterocycles. The Morgan fingerprint density at radius 1 is 1.04 bits per heavy atom. The Morgan fingerprint density at radius 3 is 2.50 bits per heavy atom. The second kappa shape index (κ2) is 8.30. The third kappa shape index (κ3) is 4.80. The molecule has 28 heavy (non-hydrogen) atoms. The Balaban J connectivity index is 1.67. The number of anilines is 2. The zero-order chi connectivity index (χ0) is 20.1. The van der Waals surface area contributed by atoms with Crippen LogP contribution in [0.4, 0.5) is 20.3 Å². The van der Waals surface area contributed by atoms with Gasteiger partial charge in [0.15, 0.2) is 11.6 Å². The second-order valence-corrected chi connectivity index (χ2v) is 7.76. The van der Waals surface area contributed by atoms with Crippen LogP contribution in [0.2, 0.25) is 0 Å². The van der Waals surface area contributed by atoms with Crippen molar-refractivity contribution in [3.63, 3.8) is 0 Å². The maximum atomic E-state index is 13.3. The summed E-state index contributed by atoms with van der Waals surface area (Å²) in [6.07, 6.45) is 3.67. The van der Waals surface area contributed by atoms with E-state index in [4.69, 9.17) is 0 Å². The van der Waals surface area contributed by atoms with Crippen LogP contribution in [0.15, 0.2) is 65.8 Å². The third-order valence-corrected chi connectivity index (χ3v) is 5.39. The third-order valence-electron chi connectivity index (χ3n) is 4.02. The van der Waals surface area contributed by atoms with Gasteiger partial charge in [0.25, 0.3) is 10.0 Å². The molecular formula is C19H18F2N4O2S. The van der Waals surface area contributed by atoms with Gasteiger partial charge in [-0.2, -0.15) is 0 Å². The van der Waals surface area contributed by atoms with Gasteiger partial charge in [-0.05, 0) is 36.4 Å². The van der Waals surface area contributed by atoms with Crippen molar-refractivity contribution in [3.8, 4) is 0 Å². The highest BCUT2D eigenvalue weighted by Gasteiger charge is 2.16. The molecule has 0 fully saturated rings. The number of nitrogens with one attached hydrogen (secondary N) is 1. The predicted octanol–water partition coefficient (Wildman–Crippen LogP) is 3.23. The molecule has 0 atom stereocenters. The topological polar surface area (TPSA) is 75.2 Å². The Labute approximate surface area is 161 Å². The average Bonchev–Trinajstić information content (AvgIpc) is 2.69. The lowest BCUT2D eigenvalue weighted by molar-refractivity contribution is 0.509. The summed E-state index contributed by atoms with van der Waals surface area (Å²) in [5.74, 6) is -1.59. The first-order chi connectivity index (χ1) is 13.3. The molecule has 2 heterocycles. The van der Waals surface area contributed by atoms with E-state index in [0.29, 0.717) is 12.4 Å². The number of aromatic nitrogens is 2. The van der Waals surface area contributed by atoms with E-state index < -0.39 is 21.7 Å². The summed E-state index contributed by atoms with van der Waals surface area (Å²) >= 11 is 0. The monoisotopic (exact) mass is 404 g/mol. The molecule has 9 heteroatoms. The van der Waals surface area contributed by atoms with Gasteiger partial charge in [-0.3, -0.25) is 9.71 Å². The van der Waals surface area contributed by atoms with Crippen LogP contribution in [-0.4, -0.2) is 32.0 Å². The fraction of sp³-hybridized carbons (Fsp3) is 0.158. The molecule has 0 unspecified atom stereocenters. The van der Waals surface area contributed by atoms with Crippen LogP contribution in [0.5, 0.6) is 0 Å². The Kier molecular flexibility index (Phi) is 5.84. The van der Waals surface area contributed by atoms with E-state index in [2.05, 4.69) is 14.7 Å².